The van der Waals surface area contributed by atoms with Crippen LogP contribution in [0.15, 0.2) is 48.5 Å². The number of nitrogens with one attached hydrogen (secondary N) is 1. The molecule has 0 unspecified atom stereocenters. The van der Waals surface area contributed by atoms with Gasteiger partial charge in [-0.15, -0.1) is 0 Å². The number of anilines is 1. The molecular weight excluding hydrogens is 404 g/mol. The lowest BCUT2D eigenvalue weighted by Gasteiger charge is -2.20. The maximum atomic E-state index is 12.6. The number of carbonyl (C=O) groups excluding carboxylic acids is 1. The summed E-state index contributed by atoms with van der Waals surface area (Å²) in [5.74, 6) is 1.02. The van der Waals surface area contributed by atoms with Crippen molar-refractivity contribution in [3.8, 4) is 11.5 Å². The minimum atomic E-state index is -3.46. The summed E-state index contributed by atoms with van der Waals surface area (Å²) < 4.78 is 36.9. The van der Waals surface area contributed by atoms with E-state index in [-0.39, 0.29) is 18.9 Å². The molecule has 0 saturated carbocycles. The fraction of sp³-hybridized carbons (Fsp3) is 0.409. The minimum Gasteiger partial charge on any atom is -0.494 e. The van der Waals surface area contributed by atoms with E-state index in [0.29, 0.717) is 24.6 Å². The molecule has 0 saturated heterocycles. The smallest absolute Gasteiger partial charge is 0.261 e. The van der Waals surface area contributed by atoms with E-state index in [9.17, 15) is 13.2 Å². The predicted octanol–water partition coefficient (Wildman–Crippen LogP) is 2.75. The SMILES string of the molecule is CCOc1ccc(CCCNC(=O)[C@@H]2CCN(S(C)(=O)=O)c3ccccc3O2)cc1. The Morgan fingerprint density at radius 2 is 1.93 bits per heavy atom. The lowest BCUT2D eigenvalue weighted by Crippen LogP contribution is -2.40. The molecule has 8 heteroatoms. The Balaban J connectivity index is 1.53. The van der Waals surface area contributed by atoms with Crippen molar-refractivity contribution in [2.24, 2.45) is 0 Å². The molecule has 3 rings (SSSR count). The summed E-state index contributed by atoms with van der Waals surface area (Å²) in [4.78, 5) is 12.6. The van der Waals surface area contributed by atoms with Crippen molar-refractivity contribution in [3.05, 3.63) is 54.1 Å². The van der Waals surface area contributed by atoms with Crippen molar-refractivity contribution in [2.45, 2.75) is 32.3 Å². The van der Waals surface area contributed by atoms with Gasteiger partial charge in [0, 0.05) is 19.5 Å². The third-order valence-electron chi connectivity index (χ3n) is 4.87. The molecule has 2 aromatic carbocycles. The van der Waals surface area contributed by atoms with E-state index in [4.69, 9.17) is 9.47 Å². The van der Waals surface area contributed by atoms with Crippen molar-refractivity contribution in [2.75, 3.05) is 30.3 Å². The second kappa shape index (κ2) is 9.84. The molecule has 30 heavy (non-hydrogen) atoms. The number of carbonyl (C=O) groups is 1. The van der Waals surface area contributed by atoms with Gasteiger partial charge in [0.25, 0.3) is 5.91 Å². The van der Waals surface area contributed by atoms with Crippen LogP contribution in [0.3, 0.4) is 0 Å². The summed E-state index contributed by atoms with van der Waals surface area (Å²) in [6.07, 6.45) is 2.34. The first kappa shape index (κ1) is 22.0. The van der Waals surface area contributed by atoms with Gasteiger partial charge in [-0.05, 0) is 49.6 Å². The van der Waals surface area contributed by atoms with Crippen LogP contribution in [0.5, 0.6) is 11.5 Å². The zero-order valence-electron chi connectivity index (χ0n) is 17.3. The molecule has 1 heterocycles. The molecule has 2 aromatic rings. The summed E-state index contributed by atoms with van der Waals surface area (Å²) in [5, 5.41) is 2.91. The first-order chi connectivity index (χ1) is 14.4. The van der Waals surface area contributed by atoms with Crippen LogP contribution in [0.2, 0.25) is 0 Å². The highest BCUT2D eigenvalue weighted by Crippen LogP contribution is 2.33. The van der Waals surface area contributed by atoms with Gasteiger partial charge in [0.1, 0.15) is 11.5 Å². The zero-order chi connectivity index (χ0) is 21.6. The Bertz CT molecular complexity index is 960. The third kappa shape index (κ3) is 5.66. The average Bonchev–Trinajstić information content (AvgIpc) is 2.92. The minimum absolute atomic E-state index is 0.195. The number of fused-ring (bicyclic) bond motifs is 1. The number of benzene rings is 2. The molecule has 1 atom stereocenters. The van der Waals surface area contributed by atoms with E-state index in [1.165, 1.54) is 9.87 Å². The van der Waals surface area contributed by atoms with Gasteiger partial charge in [-0.1, -0.05) is 24.3 Å². The van der Waals surface area contributed by atoms with Gasteiger partial charge < -0.3 is 14.8 Å². The molecule has 1 N–H and O–H groups in total. The summed E-state index contributed by atoms with van der Waals surface area (Å²) in [6, 6.07) is 14.8. The number of amides is 1. The van der Waals surface area contributed by atoms with Gasteiger partial charge in [0.05, 0.1) is 18.6 Å². The zero-order valence-corrected chi connectivity index (χ0v) is 18.2. The summed E-state index contributed by atoms with van der Waals surface area (Å²) in [6.45, 7) is 3.30. The van der Waals surface area contributed by atoms with Gasteiger partial charge in [0.15, 0.2) is 6.10 Å². The molecule has 0 spiro atoms. The molecule has 162 valence electrons. The quantitative estimate of drug-likeness (QED) is 0.649. The van der Waals surface area contributed by atoms with Crippen molar-refractivity contribution in [1.29, 1.82) is 0 Å². The van der Waals surface area contributed by atoms with Gasteiger partial charge in [-0.2, -0.15) is 0 Å². The standard InChI is InChI=1S/C22H28N2O5S/c1-3-28-18-12-10-17(11-13-18)7-6-15-23-22(25)21-14-16-24(30(2,26)27)19-8-4-5-9-20(19)29-21/h4-5,8-13,21H,3,6-7,14-16H2,1-2H3,(H,23,25)/t21-/m0/s1. The van der Waals surface area contributed by atoms with Crippen molar-refractivity contribution < 1.29 is 22.7 Å². The molecule has 0 radical (unpaired) electrons. The molecule has 0 aromatic heterocycles. The largest absolute Gasteiger partial charge is 0.494 e. The van der Waals surface area contributed by atoms with E-state index < -0.39 is 16.1 Å². The fourth-order valence-electron chi connectivity index (χ4n) is 3.40. The summed E-state index contributed by atoms with van der Waals surface area (Å²) >= 11 is 0. The monoisotopic (exact) mass is 432 g/mol. The highest BCUT2D eigenvalue weighted by molar-refractivity contribution is 7.92. The maximum absolute atomic E-state index is 12.6. The van der Waals surface area contributed by atoms with Crippen molar-refractivity contribution in [1.82, 2.24) is 5.32 Å². The molecule has 0 bridgehead atoms. The number of hydrogen-bond acceptors (Lipinski definition) is 5. The van der Waals surface area contributed by atoms with Crippen LogP contribution >= 0.6 is 0 Å². The van der Waals surface area contributed by atoms with Crippen LogP contribution in [0.4, 0.5) is 5.69 Å². The number of rotatable bonds is 8. The Hall–Kier alpha value is -2.74. The van der Waals surface area contributed by atoms with Crippen LogP contribution in [0, 0.1) is 0 Å². The lowest BCUT2D eigenvalue weighted by molar-refractivity contribution is -0.128. The van der Waals surface area contributed by atoms with E-state index in [1.54, 1.807) is 24.3 Å². The van der Waals surface area contributed by atoms with Gasteiger partial charge in [0.2, 0.25) is 10.0 Å². The van der Waals surface area contributed by atoms with E-state index in [2.05, 4.69) is 5.32 Å². The van der Waals surface area contributed by atoms with Crippen molar-refractivity contribution in [3.63, 3.8) is 0 Å². The predicted molar refractivity (Wildman–Crippen MR) is 117 cm³/mol. The number of sulfonamides is 1. The number of aryl methyl sites for hydroxylation is 1. The van der Waals surface area contributed by atoms with Gasteiger partial charge >= 0.3 is 0 Å². The lowest BCUT2D eigenvalue weighted by atomic mass is 10.1. The third-order valence-corrected chi connectivity index (χ3v) is 6.05. The van der Waals surface area contributed by atoms with Crippen LogP contribution in [0.25, 0.3) is 0 Å². The van der Waals surface area contributed by atoms with Gasteiger partial charge in [-0.3, -0.25) is 9.10 Å². The Kier molecular flexibility index (Phi) is 7.20. The number of ether oxygens (including phenoxy) is 2. The first-order valence-corrected chi connectivity index (χ1v) is 12.0. The van der Waals surface area contributed by atoms with E-state index >= 15 is 0 Å². The molecule has 1 aliphatic rings. The van der Waals surface area contributed by atoms with Crippen LogP contribution in [0.1, 0.15) is 25.3 Å². The van der Waals surface area contributed by atoms with Crippen LogP contribution < -0.4 is 19.1 Å². The second-order valence-corrected chi connectivity index (χ2v) is 9.08. The average molecular weight is 433 g/mol. The normalized spacial score (nSPS) is 16.2. The molecular formula is C22H28N2O5S. The molecule has 0 aliphatic carbocycles. The maximum Gasteiger partial charge on any atom is 0.261 e. The topological polar surface area (TPSA) is 84.9 Å². The number of nitrogens with zero attached hydrogens (tertiary/aromatic N) is 1. The van der Waals surface area contributed by atoms with Crippen LogP contribution in [-0.4, -0.2) is 46.4 Å². The fourth-order valence-corrected chi connectivity index (χ4v) is 4.34. The molecule has 1 amide bonds. The number of hydrogen-bond donors (Lipinski definition) is 1. The summed E-state index contributed by atoms with van der Waals surface area (Å²) in [5.41, 5.74) is 1.64. The van der Waals surface area contributed by atoms with Gasteiger partial charge in [-0.25, -0.2) is 8.42 Å². The Morgan fingerprint density at radius 1 is 1.20 bits per heavy atom. The summed E-state index contributed by atoms with van der Waals surface area (Å²) in [7, 11) is -3.46. The highest BCUT2D eigenvalue weighted by Gasteiger charge is 2.30. The van der Waals surface area contributed by atoms with E-state index in [1.807, 2.05) is 31.2 Å². The van der Waals surface area contributed by atoms with Crippen LogP contribution in [-0.2, 0) is 21.2 Å². The molecule has 0 fully saturated rings. The van der Waals surface area contributed by atoms with E-state index in [0.717, 1.165) is 24.8 Å². The number of para-hydroxylation sites is 2. The first-order valence-electron chi connectivity index (χ1n) is 10.1. The van der Waals surface area contributed by atoms with Crippen molar-refractivity contribution >= 4 is 21.6 Å². The Labute approximate surface area is 178 Å². The second-order valence-electron chi connectivity index (χ2n) is 7.17. The molecule has 1 aliphatic heterocycles. The highest BCUT2D eigenvalue weighted by atomic mass is 32.2. The molecule has 7 nitrogen and oxygen atoms in total. The Morgan fingerprint density at radius 3 is 2.63 bits per heavy atom.